The van der Waals surface area contributed by atoms with Gasteiger partial charge in [-0.15, -0.1) is 0 Å². The molecule has 0 aliphatic rings. The maximum atomic E-state index is 5.66. The van der Waals surface area contributed by atoms with Gasteiger partial charge >= 0.3 is 0 Å². The van der Waals surface area contributed by atoms with E-state index in [1.807, 2.05) is 12.1 Å². The Bertz CT molecular complexity index is 1360. The quantitative estimate of drug-likeness (QED) is 0.158. The molecule has 0 fully saturated rings. The van der Waals surface area contributed by atoms with E-state index in [2.05, 4.69) is 151 Å². The molecule has 41 heavy (non-hydrogen) atoms. The minimum absolute atomic E-state index is 0.821. The molecule has 0 atom stereocenters. The number of methoxy groups -OCH3 is 1. The summed E-state index contributed by atoms with van der Waals surface area (Å²) < 4.78 is 5.66. The molecule has 0 aliphatic heterocycles. The van der Waals surface area contributed by atoms with Gasteiger partial charge in [-0.3, -0.25) is 4.90 Å². The van der Waals surface area contributed by atoms with E-state index in [-0.39, 0.29) is 0 Å². The van der Waals surface area contributed by atoms with Crippen molar-refractivity contribution in [2.75, 3.05) is 26.7 Å². The van der Waals surface area contributed by atoms with Gasteiger partial charge in [0.15, 0.2) is 0 Å². The molecule has 5 aromatic rings. The second-order valence-electron chi connectivity index (χ2n) is 10.0. The Kier molecular flexibility index (Phi) is 9.96. The highest BCUT2D eigenvalue weighted by Gasteiger charge is 2.11. The first-order valence-corrected chi connectivity index (χ1v) is 14.3. The molecule has 5 rings (SSSR count). The molecule has 0 radical (unpaired) electrons. The van der Waals surface area contributed by atoms with Crippen LogP contribution in [0.15, 0.2) is 158 Å². The topological polar surface area (TPSA) is 12.5 Å². The molecule has 0 aromatic heterocycles. The average Bonchev–Trinajstić information content (AvgIpc) is 3.05. The van der Waals surface area contributed by atoms with Crippen molar-refractivity contribution in [2.24, 2.45) is 0 Å². The van der Waals surface area contributed by atoms with Crippen LogP contribution in [0.3, 0.4) is 0 Å². The van der Waals surface area contributed by atoms with E-state index in [4.69, 9.17) is 4.74 Å². The lowest BCUT2D eigenvalue weighted by Gasteiger charge is -2.22. The Morgan fingerprint density at radius 3 is 1.27 bits per heavy atom. The fourth-order valence-electron chi connectivity index (χ4n) is 5.16. The van der Waals surface area contributed by atoms with E-state index in [1.54, 1.807) is 7.11 Å². The summed E-state index contributed by atoms with van der Waals surface area (Å²) in [6, 6.07) is 51.1. The number of para-hydroxylation sites is 1. The molecule has 0 aliphatic carbocycles. The van der Waals surface area contributed by atoms with Crippen molar-refractivity contribution < 1.29 is 4.74 Å². The maximum Gasteiger partial charge on any atom is 0.122 e. The van der Waals surface area contributed by atoms with E-state index in [1.165, 1.54) is 39.0 Å². The van der Waals surface area contributed by atoms with Gasteiger partial charge in [0.25, 0.3) is 0 Å². The van der Waals surface area contributed by atoms with Gasteiger partial charge in [0.1, 0.15) is 5.75 Å². The monoisotopic (exact) mass is 535 g/mol. The highest BCUT2D eigenvalue weighted by Crippen LogP contribution is 2.25. The second-order valence-corrected chi connectivity index (χ2v) is 10.0. The van der Waals surface area contributed by atoms with Crippen LogP contribution in [0.5, 0.6) is 5.75 Å². The van der Waals surface area contributed by atoms with Crippen molar-refractivity contribution in [1.29, 1.82) is 0 Å². The Morgan fingerprint density at radius 1 is 0.512 bits per heavy atom. The van der Waals surface area contributed by atoms with Crippen molar-refractivity contribution in [3.05, 3.63) is 186 Å². The van der Waals surface area contributed by atoms with E-state index >= 15 is 0 Å². The summed E-state index contributed by atoms with van der Waals surface area (Å²) in [6.07, 6.45) is 5.67. The van der Waals surface area contributed by atoms with E-state index in [9.17, 15) is 0 Å². The van der Waals surface area contributed by atoms with Gasteiger partial charge in [0.05, 0.1) is 7.11 Å². The van der Waals surface area contributed by atoms with Crippen molar-refractivity contribution in [1.82, 2.24) is 4.90 Å². The summed E-state index contributed by atoms with van der Waals surface area (Å²) in [5.74, 6) is 0.946. The maximum absolute atomic E-state index is 5.66. The minimum Gasteiger partial charge on any atom is -0.496 e. The molecular formula is C39H37NO. The first-order valence-electron chi connectivity index (χ1n) is 14.3. The first-order chi connectivity index (χ1) is 20.3. The molecular weight excluding hydrogens is 498 g/mol. The Labute approximate surface area is 244 Å². The van der Waals surface area contributed by atoms with Gasteiger partial charge in [-0.05, 0) is 51.5 Å². The van der Waals surface area contributed by atoms with Crippen LogP contribution in [0, 0.1) is 0 Å². The van der Waals surface area contributed by atoms with Crippen LogP contribution in [0.4, 0.5) is 0 Å². The van der Waals surface area contributed by atoms with E-state index < -0.39 is 0 Å². The predicted octanol–water partition coefficient (Wildman–Crippen LogP) is 8.80. The highest BCUT2D eigenvalue weighted by molar-refractivity contribution is 5.80. The molecule has 204 valence electrons. The zero-order valence-electron chi connectivity index (χ0n) is 23.7. The van der Waals surface area contributed by atoms with Crippen molar-refractivity contribution in [2.45, 2.75) is 6.42 Å². The molecule has 2 nitrogen and oxygen atoms in total. The normalized spacial score (nSPS) is 10.7. The molecule has 0 N–H and O–H groups in total. The van der Waals surface area contributed by atoms with Gasteiger partial charge < -0.3 is 4.74 Å². The lowest BCUT2D eigenvalue weighted by Crippen LogP contribution is -2.27. The number of hydrogen-bond donors (Lipinski definition) is 0. The van der Waals surface area contributed by atoms with Gasteiger partial charge in [-0.2, -0.15) is 0 Å². The lowest BCUT2D eigenvalue weighted by atomic mass is 9.97. The van der Waals surface area contributed by atoms with Crippen molar-refractivity contribution in [3.63, 3.8) is 0 Å². The number of nitrogens with zero attached hydrogens (tertiary/aromatic N) is 1. The lowest BCUT2D eigenvalue weighted by molar-refractivity contribution is 0.336. The third-order valence-corrected chi connectivity index (χ3v) is 7.34. The predicted molar refractivity (Wildman–Crippen MR) is 173 cm³/mol. The minimum atomic E-state index is 0.821. The molecule has 5 aromatic carbocycles. The summed E-state index contributed by atoms with van der Waals surface area (Å²) in [6.45, 7) is 2.55. The molecule has 0 amide bonds. The van der Waals surface area contributed by atoms with Gasteiger partial charge in [0, 0.05) is 19.6 Å². The molecule has 0 unspecified atom stereocenters. The van der Waals surface area contributed by atoms with Crippen LogP contribution in [0.2, 0.25) is 0 Å². The second kappa shape index (κ2) is 14.6. The Balaban J connectivity index is 1.48. The zero-order valence-corrected chi connectivity index (χ0v) is 23.7. The zero-order chi connectivity index (χ0) is 28.1. The molecule has 0 saturated heterocycles. The molecule has 2 heteroatoms. The summed E-state index contributed by atoms with van der Waals surface area (Å²) in [4.78, 5) is 2.52. The Hall–Kier alpha value is -4.66. The van der Waals surface area contributed by atoms with Gasteiger partial charge in [-0.25, -0.2) is 0 Å². The van der Waals surface area contributed by atoms with Crippen LogP contribution >= 0.6 is 0 Å². The smallest absolute Gasteiger partial charge is 0.122 e. The molecule has 0 saturated carbocycles. The number of benzene rings is 5. The highest BCUT2D eigenvalue weighted by atomic mass is 16.5. The number of hydrogen-bond acceptors (Lipinski definition) is 2. The number of rotatable bonds is 12. The molecule has 0 spiro atoms. The average molecular weight is 536 g/mol. The summed E-state index contributed by atoms with van der Waals surface area (Å²) in [5.41, 5.74) is 8.65. The standard InChI is InChI=1S/C39H37NO/c1-41-39-25-15-14-24-36(39)26-29-40(30-27-37(32-16-6-2-7-17-32)33-18-8-3-9-19-33)31-28-38(34-20-10-4-11-21-34)35-22-12-5-13-23-35/h2-25,27-28H,26,29-31H2,1H3. The number of ether oxygens (including phenoxy) is 1. The largest absolute Gasteiger partial charge is 0.496 e. The van der Waals surface area contributed by atoms with Crippen LogP contribution in [0.25, 0.3) is 11.1 Å². The van der Waals surface area contributed by atoms with Gasteiger partial charge in [0.2, 0.25) is 0 Å². The summed E-state index contributed by atoms with van der Waals surface area (Å²) >= 11 is 0. The Morgan fingerprint density at radius 2 is 0.878 bits per heavy atom. The van der Waals surface area contributed by atoms with Crippen LogP contribution < -0.4 is 4.74 Å². The third-order valence-electron chi connectivity index (χ3n) is 7.34. The van der Waals surface area contributed by atoms with E-state index in [0.29, 0.717) is 0 Å². The summed E-state index contributed by atoms with van der Waals surface area (Å²) in [5, 5.41) is 0. The van der Waals surface area contributed by atoms with Gasteiger partial charge in [-0.1, -0.05) is 152 Å². The first kappa shape index (κ1) is 27.9. The molecule has 0 bridgehead atoms. The summed E-state index contributed by atoms with van der Waals surface area (Å²) in [7, 11) is 1.75. The SMILES string of the molecule is COc1ccccc1CCN(CC=C(c1ccccc1)c1ccccc1)CC=C(c1ccccc1)c1ccccc1. The van der Waals surface area contributed by atoms with Crippen molar-refractivity contribution in [3.8, 4) is 5.75 Å². The molecule has 0 heterocycles. The van der Waals surface area contributed by atoms with Crippen LogP contribution in [-0.2, 0) is 6.42 Å². The van der Waals surface area contributed by atoms with Crippen LogP contribution in [0.1, 0.15) is 27.8 Å². The fraction of sp³-hybridized carbons (Fsp3) is 0.128. The van der Waals surface area contributed by atoms with E-state index in [0.717, 1.165) is 31.8 Å². The fourth-order valence-corrected chi connectivity index (χ4v) is 5.16. The van der Waals surface area contributed by atoms with Crippen molar-refractivity contribution >= 4 is 11.1 Å². The van der Waals surface area contributed by atoms with Crippen LogP contribution in [-0.4, -0.2) is 31.6 Å². The third kappa shape index (κ3) is 7.72.